The average molecular weight is 347 g/mol. The second kappa shape index (κ2) is 6.40. The Balaban J connectivity index is 2.41. The summed E-state index contributed by atoms with van der Waals surface area (Å²) in [6.45, 7) is 5.57. The van der Waals surface area contributed by atoms with Gasteiger partial charge in [-0.15, -0.1) is 0 Å². The van der Waals surface area contributed by atoms with Crippen molar-refractivity contribution in [3.8, 4) is 22.0 Å². The van der Waals surface area contributed by atoms with E-state index < -0.39 is 5.97 Å². The number of nitriles is 1. The van der Waals surface area contributed by atoms with Gasteiger partial charge in [-0.25, -0.2) is 0 Å². The maximum atomic E-state index is 11.1. The molecule has 1 aromatic heterocycles. The number of nitrogens with zero attached hydrogens (tertiary/aromatic N) is 2. The van der Waals surface area contributed by atoms with Crippen LogP contribution in [0.1, 0.15) is 20.5 Å². The zero-order valence-electron chi connectivity index (χ0n) is 11.3. The van der Waals surface area contributed by atoms with Crippen molar-refractivity contribution >= 4 is 20.5 Å². The molecule has 0 atom stereocenters. The molecule has 6 heteroatoms. The summed E-state index contributed by atoms with van der Waals surface area (Å²) in [4.78, 5) is 15.4. The Hall–Kier alpha value is -2.35. The van der Waals surface area contributed by atoms with Crippen molar-refractivity contribution in [1.82, 2.24) is 4.98 Å². The summed E-state index contributed by atoms with van der Waals surface area (Å²) in [5, 5.41) is 18.3. The first kappa shape index (κ1) is 15.0. The molecule has 1 aromatic carbocycles. The SMILES string of the molecule is C=CCOc1ccc(-c2nc(C)c(C(=O)O)[se]2)cc1C#N. The minimum atomic E-state index is -0.933. The second-order valence-electron chi connectivity index (χ2n) is 4.16. The Morgan fingerprint density at radius 1 is 1.62 bits per heavy atom. The van der Waals surface area contributed by atoms with E-state index in [1.165, 1.54) is 0 Å². The van der Waals surface area contributed by atoms with E-state index in [1.807, 2.05) is 0 Å². The molecule has 0 spiro atoms. The van der Waals surface area contributed by atoms with E-state index >= 15 is 0 Å². The Morgan fingerprint density at radius 3 is 2.95 bits per heavy atom. The molecule has 21 heavy (non-hydrogen) atoms. The number of hydrogen-bond acceptors (Lipinski definition) is 4. The third-order valence-electron chi connectivity index (χ3n) is 2.69. The van der Waals surface area contributed by atoms with Crippen LogP contribution in [0.3, 0.4) is 0 Å². The Morgan fingerprint density at radius 2 is 2.38 bits per heavy atom. The first-order valence-corrected chi connectivity index (χ1v) is 7.77. The predicted octanol–water partition coefficient (Wildman–Crippen LogP) is 2.25. The predicted molar refractivity (Wildman–Crippen MR) is 78.7 cm³/mol. The zero-order valence-corrected chi connectivity index (χ0v) is 13.0. The molecule has 0 unspecified atom stereocenters. The third kappa shape index (κ3) is 3.22. The molecule has 0 aliphatic rings. The van der Waals surface area contributed by atoms with Crippen LogP contribution in [0.25, 0.3) is 10.1 Å². The minimum absolute atomic E-state index is 0.322. The number of carboxylic acid groups (broad SMARTS) is 1. The normalized spacial score (nSPS) is 9.90. The molecule has 1 heterocycles. The van der Waals surface area contributed by atoms with Crippen LogP contribution in [0.5, 0.6) is 5.75 Å². The molecule has 106 valence electrons. The molecule has 5 nitrogen and oxygen atoms in total. The summed E-state index contributed by atoms with van der Waals surface area (Å²) < 4.78 is 6.46. The van der Waals surface area contributed by atoms with Gasteiger partial charge in [-0.05, 0) is 0 Å². The monoisotopic (exact) mass is 348 g/mol. The van der Waals surface area contributed by atoms with Gasteiger partial charge in [0.1, 0.15) is 0 Å². The van der Waals surface area contributed by atoms with Crippen LogP contribution in [0.2, 0.25) is 0 Å². The van der Waals surface area contributed by atoms with Gasteiger partial charge in [0.25, 0.3) is 0 Å². The number of hydrogen-bond donors (Lipinski definition) is 1. The van der Waals surface area contributed by atoms with Crippen LogP contribution in [0.15, 0.2) is 30.9 Å². The molecule has 0 saturated carbocycles. The van der Waals surface area contributed by atoms with Crippen molar-refractivity contribution in [3.63, 3.8) is 0 Å². The molecule has 0 radical (unpaired) electrons. The van der Waals surface area contributed by atoms with Crippen LogP contribution in [0.4, 0.5) is 0 Å². The van der Waals surface area contributed by atoms with Crippen molar-refractivity contribution in [3.05, 3.63) is 46.5 Å². The van der Waals surface area contributed by atoms with Gasteiger partial charge in [-0.1, -0.05) is 0 Å². The standard InChI is InChI=1S/C15H12N2O3Se/c1-3-6-20-12-5-4-10(7-11(12)8-16)14-17-9(2)13(21-14)15(18)19/h3-5,7H,1,6H2,2H3,(H,18,19). The zero-order chi connectivity index (χ0) is 15.4. The van der Waals surface area contributed by atoms with Gasteiger partial charge < -0.3 is 0 Å². The number of aryl methyl sites for hydroxylation is 1. The molecule has 2 rings (SSSR count). The van der Waals surface area contributed by atoms with Crippen LogP contribution in [-0.2, 0) is 0 Å². The van der Waals surface area contributed by atoms with Gasteiger partial charge in [0.15, 0.2) is 0 Å². The summed E-state index contributed by atoms with van der Waals surface area (Å²) in [7, 11) is 0. The Bertz CT molecular complexity index is 744. The molecule has 0 saturated heterocycles. The molecule has 0 amide bonds. The first-order valence-electron chi connectivity index (χ1n) is 6.05. The molecule has 0 aliphatic carbocycles. The number of rotatable bonds is 5. The molecule has 0 fully saturated rings. The number of ether oxygens (including phenoxy) is 1. The van der Waals surface area contributed by atoms with Crippen LogP contribution in [0, 0.1) is 18.3 Å². The summed E-state index contributed by atoms with van der Waals surface area (Å²) in [5.41, 5.74) is 1.69. The number of benzene rings is 1. The van der Waals surface area contributed by atoms with Gasteiger partial charge >= 0.3 is 127 Å². The Kier molecular flexibility index (Phi) is 4.59. The van der Waals surface area contributed by atoms with E-state index in [1.54, 1.807) is 31.2 Å². The summed E-state index contributed by atoms with van der Waals surface area (Å²) in [6.07, 6.45) is 1.60. The number of carbonyl (C=O) groups is 1. The van der Waals surface area contributed by atoms with E-state index in [2.05, 4.69) is 17.6 Å². The maximum absolute atomic E-state index is 11.1. The van der Waals surface area contributed by atoms with Crippen molar-refractivity contribution in [1.29, 1.82) is 5.26 Å². The second-order valence-corrected chi connectivity index (χ2v) is 6.26. The topological polar surface area (TPSA) is 83.2 Å². The molecule has 0 bridgehead atoms. The van der Waals surface area contributed by atoms with Gasteiger partial charge in [-0.3, -0.25) is 0 Å². The van der Waals surface area contributed by atoms with Crippen molar-refractivity contribution in [2.24, 2.45) is 0 Å². The van der Waals surface area contributed by atoms with Crippen LogP contribution >= 0.6 is 0 Å². The summed E-state index contributed by atoms with van der Waals surface area (Å²) in [6, 6.07) is 7.24. The van der Waals surface area contributed by atoms with Crippen molar-refractivity contribution in [2.75, 3.05) is 6.61 Å². The van der Waals surface area contributed by atoms with E-state index in [0.717, 1.165) is 5.56 Å². The third-order valence-corrected chi connectivity index (χ3v) is 5.20. The molecule has 0 aliphatic heterocycles. The number of aromatic nitrogens is 1. The van der Waals surface area contributed by atoms with Gasteiger partial charge in [0, 0.05) is 0 Å². The van der Waals surface area contributed by atoms with Crippen molar-refractivity contribution in [2.45, 2.75) is 6.92 Å². The van der Waals surface area contributed by atoms with Gasteiger partial charge in [0.05, 0.1) is 0 Å². The van der Waals surface area contributed by atoms with Crippen LogP contribution < -0.4 is 4.74 Å². The van der Waals surface area contributed by atoms with Crippen LogP contribution in [-0.4, -0.2) is 37.2 Å². The summed E-state index contributed by atoms with van der Waals surface area (Å²) in [5.74, 6) is -0.451. The van der Waals surface area contributed by atoms with Gasteiger partial charge in [0.2, 0.25) is 0 Å². The van der Waals surface area contributed by atoms with E-state index in [0.29, 0.717) is 32.6 Å². The first-order chi connectivity index (χ1) is 10.1. The Labute approximate surface area is 127 Å². The number of aromatic carboxylic acids is 1. The molecule has 1 N–H and O–H groups in total. The van der Waals surface area contributed by atoms with E-state index in [9.17, 15) is 10.1 Å². The quantitative estimate of drug-likeness (QED) is 0.663. The van der Waals surface area contributed by atoms with Crippen molar-refractivity contribution < 1.29 is 14.6 Å². The fourth-order valence-corrected chi connectivity index (χ4v) is 3.63. The number of carboxylic acids is 1. The fourth-order valence-electron chi connectivity index (χ4n) is 1.74. The molecular formula is C15H12N2O3Se. The molecule has 2 aromatic rings. The van der Waals surface area contributed by atoms with E-state index in [4.69, 9.17) is 9.84 Å². The molecular weight excluding hydrogens is 335 g/mol. The average Bonchev–Trinajstić information content (AvgIpc) is 2.87. The van der Waals surface area contributed by atoms with Gasteiger partial charge in [-0.2, -0.15) is 0 Å². The summed E-state index contributed by atoms with van der Waals surface area (Å²) >= 11 is -0.355. The van der Waals surface area contributed by atoms with E-state index in [-0.39, 0.29) is 14.5 Å². The fraction of sp³-hybridized carbons (Fsp3) is 0.133.